The van der Waals surface area contributed by atoms with Crippen molar-refractivity contribution in [3.63, 3.8) is 0 Å². The first-order chi connectivity index (χ1) is 9.89. The van der Waals surface area contributed by atoms with Gasteiger partial charge in [-0.1, -0.05) is 82.2 Å². The van der Waals surface area contributed by atoms with E-state index in [0.717, 1.165) is 23.3 Å². The van der Waals surface area contributed by atoms with Gasteiger partial charge in [0, 0.05) is 0 Å². The van der Waals surface area contributed by atoms with Crippen LogP contribution in [-0.4, -0.2) is 8.07 Å². The molecule has 0 aromatic heterocycles. The summed E-state index contributed by atoms with van der Waals surface area (Å²) in [6, 6.07) is 11.5. The number of hydrogen-bond donors (Lipinski definition) is 0. The van der Waals surface area contributed by atoms with Crippen molar-refractivity contribution in [2.24, 2.45) is 23.2 Å². The van der Waals surface area contributed by atoms with Gasteiger partial charge in [-0.15, -0.1) is 0 Å². The van der Waals surface area contributed by atoms with Crippen molar-refractivity contribution >= 4 is 13.3 Å². The van der Waals surface area contributed by atoms with Crippen molar-refractivity contribution in [3.8, 4) is 0 Å². The lowest BCUT2D eigenvalue weighted by Gasteiger charge is -2.65. The van der Waals surface area contributed by atoms with Crippen molar-refractivity contribution in [2.75, 3.05) is 0 Å². The molecule has 3 fully saturated rings. The van der Waals surface area contributed by atoms with Gasteiger partial charge in [0.25, 0.3) is 0 Å². The van der Waals surface area contributed by atoms with E-state index in [-0.39, 0.29) is 0 Å². The van der Waals surface area contributed by atoms with Crippen molar-refractivity contribution in [1.82, 2.24) is 0 Å². The maximum Gasteiger partial charge on any atom is 0.0839 e. The first kappa shape index (κ1) is 15.3. The summed E-state index contributed by atoms with van der Waals surface area (Å²) in [6.07, 6.45) is 5.84. The normalized spacial score (nSPS) is 34.3. The second-order valence-corrected chi connectivity index (χ2v) is 13.5. The largest absolute Gasteiger partial charge is 0.0839 e. The van der Waals surface area contributed by atoms with Gasteiger partial charge in [0.1, 0.15) is 0 Å². The lowest BCUT2D eigenvalue weighted by atomic mass is 9.45. The molecule has 1 aromatic rings. The van der Waals surface area contributed by atoms with E-state index in [4.69, 9.17) is 0 Å². The van der Waals surface area contributed by atoms with E-state index in [0.29, 0.717) is 5.41 Å². The van der Waals surface area contributed by atoms with E-state index in [1.54, 1.807) is 5.19 Å². The van der Waals surface area contributed by atoms with Gasteiger partial charge >= 0.3 is 0 Å². The molecule has 1 aromatic carbocycles. The molecule has 0 radical (unpaired) electrons. The van der Waals surface area contributed by atoms with Crippen LogP contribution in [0.2, 0.25) is 18.6 Å². The molecule has 0 nitrogen and oxygen atoms in total. The second-order valence-electron chi connectivity index (χ2n) is 8.74. The summed E-state index contributed by atoms with van der Waals surface area (Å²) < 4.78 is 0. The molecule has 0 N–H and O–H groups in total. The topological polar surface area (TPSA) is 0 Å². The Bertz CT molecular complexity index is 488. The lowest BCUT2D eigenvalue weighted by Crippen LogP contribution is -2.61. The van der Waals surface area contributed by atoms with Gasteiger partial charge in [0.2, 0.25) is 0 Å². The Morgan fingerprint density at radius 3 is 2.33 bits per heavy atom. The SMILES string of the molecule is CCC[C@H]1[C@@H]2C[C@H](C[C@@H]1[Si](C)(C)c1ccccc1)C2(C)C. The van der Waals surface area contributed by atoms with Crippen molar-refractivity contribution < 1.29 is 0 Å². The predicted octanol–water partition coefficient (Wildman–Crippen LogP) is 5.45. The molecule has 0 aliphatic heterocycles. The Balaban J connectivity index is 1.91. The molecule has 0 spiro atoms. The summed E-state index contributed by atoms with van der Waals surface area (Å²) in [5.74, 6) is 2.98. The number of fused-ring (bicyclic) bond motifs is 2. The monoisotopic (exact) mass is 300 g/mol. The third kappa shape index (κ3) is 2.32. The van der Waals surface area contributed by atoms with Crippen molar-refractivity contribution in [2.45, 2.75) is 65.1 Å². The van der Waals surface area contributed by atoms with Crippen LogP contribution in [0.5, 0.6) is 0 Å². The summed E-state index contributed by atoms with van der Waals surface area (Å²) in [6.45, 7) is 12.7. The minimum absolute atomic E-state index is 0.623. The van der Waals surface area contributed by atoms with E-state index >= 15 is 0 Å². The Morgan fingerprint density at radius 1 is 1.10 bits per heavy atom. The van der Waals surface area contributed by atoms with Gasteiger partial charge in [0.15, 0.2) is 0 Å². The molecule has 3 aliphatic carbocycles. The number of hydrogen-bond acceptors (Lipinski definition) is 0. The molecule has 0 heterocycles. The highest BCUT2D eigenvalue weighted by Crippen LogP contribution is 2.67. The first-order valence-corrected chi connectivity index (χ1v) is 12.0. The van der Waals surface area contributed by atoms with E-state index in [2.05, 4.69) is 64.2 Å². The highest BCUT2D eigenvalue weighted by molar-refractivity contribution is 6.91. The summed E-state index contributed by atoms with van der Waals surface area (Å²) >= 11 is 0. The van der Waals surface area contributed by atoms with E-state index in [9.17, 15) is 0 Å². The van der Waals surface area contributed by atoms with Gasteiger partial charge in [-0.2, -0.15) is 0 Å². The first-order valence-electron chi connectivity index (χ1n) is 8.94. The molecule has 21 heavy (non-hydrogen) atoms. The Kier molecular flexibility index (Phi) is 3.84. The highest BCUT2D eigenvalue weighted by Gasteiger charge is 2.59. The molecule has 0 amide bonds. The molecular weight excluding hydrogens is 268 g/mol. The Labute approximate surface area is 132 Å². The van der Waals surface area contributed by atoms with E-state index < -0.39 is 8.07 Å². The van der Waals surface area contributed by atoms with Crippen LogP contribution in [0, 0.1) is 23.2 Å². The summed E-state index contributed by atoms with van der Waals surface area (Å²) in [5.41, 5.74) is 1.62. The van der Waals surface area contributed by atoms with Crippen molar-refractivity contribution in [1.29, 1.82) is 0 Å². The van der Waals surface area contributed by atoms with Gasteiger partial charge in [-0.05, 0) is 41.6 Å². The average molecular weight is 301 g/mol. The van der Waals surface area contributed by atoms with Crippen LogP contribution >= 0.6 is 0 Å². The maximum atomic E-state index is 2.63. The molecule has 4 rings (SSSR count). The number of rotatable bonds is 4. The fourth-order valence-corrected chi connectivity index (χ4v) is 9.41. The molecule has 2 bridgehead atoms. The summed E-state index contributed by atoms with van der Waals surface area (Å²) in [4.78, 5) is 0. The molecule has 1 heteroatoms. The van der Waals surface area contributed by atoms with Gasteiger partial charge in [0.05, 0.1) is 8.07 Å². The van der Waals surface area contributed by atoms with Gasteiger partial charge in [-0.3, -0.25) is 0 Å². The zero-order chi connectivity index (χ0) is 15.3. The van der Waals surface area contributed by atoms with Gasteiger partial charge < -0.3 is 0 Å². The van der Waals surface area contributed by atoms with Crippen LogP contribution in [0.3, 0.4) is 0 Å². The Morgan fingerprint density at radius 2 is 1.76 bits per heavy atom. The van der Waals surface area contributed by atoms with Crippen LogP contribution in [0.25, 0.3) is 0 Å². The van der Waals surface area contributed by atoms with Crippen LogP contribution in [0.4, 0.5) is 0 Å². The van der Waals surface area contributed by atoms with E-state index in [1.165, 1.54) is 25.7 Å². The fraction of sp³-hybridized carbons (Fsp3) is 0.700. The molecule has 4 atom stereocenters. The smallest absolute Gasteiger partial charge is 0.0654 e. The third-order valence-corrected chi connectivity index (χ3v) is 11.5. The standard InChI is InChI=1S/C20H32Si/c1-6-10-17-18-13-15(20(18,2)3)14-19(17)21(4,5)16-11-8-7-9-12-16/h7-9,11-12,15,17-19H,6,10,13-14H2,1-5H3/t15-,17+,18+,19+/m1/s1. The maximum absolute atomic E-state index is 2.63. The highest BCUT2D eigenvalue weighted by atomic mass is 28.3. The van der Waals surface area contributed by atoms with E-state index in [1.807, 2.05) is 0 Å². The Hall–Kier alpha value is -0.563. The minimum atomic E-state index is -1.35. The van der Waals surface area contributed by atoms with Crippen LogP contribution < -0.4 is 5.19 Å². The summed E-state index contributed by atoms with van der Waals surface area (Å²) in [5, 5.41) is 1.68. The fourth-order valence-electron chi connectivity index (χ4n) is 5.59. The quantitative estimate of drug-likeness (QED) is 0.648. The van der Waals surface area contributed by atoms with Crippen LogP contribution in [0.1, 0.15) is 46.5 Å². The number of benzene rings is 1. The van der Waals surface area contributed by atoms with Gasteiger partial charge in [-0.25, -0.2) is 0 Å². The predicted molar refractivity (Wildman–Crippen MR) is 95.7 cm³/mol. The van der Waals surface area contributed by atoms with Crippen molar-refractivity contribution in [3.05, 3.63) is 30.3 Å². The zero-order valence-electron chi connectivity index (χ0n) is 14.5. The molecule has 116 valence electrons. The zero-order valence-corrected chi connectivity index (χ0v) is 15.5. The molecular formula is C20H32Si. The molecule has 0 unspecified atom stereocenters. The lowest BCUT2D eigenvalue weighted by molar-refractivity contribution is -0.107. The average Bonchev–Trinajstić information content (AvgIpc) is 2.48. The molecule has 3 saturated carbocycles. The third-order valence-electron chi connectivity index (χ3n) is 7.19. The minimum Gasteiger partial charge on any atom is -0.0654 e. The van der Waals surface area contributed by atoms with Crippen LogP contribution in [0.15, 0.2) is 30.3 Å². The van der Waals surface area contributed by atoms with Crippen LogP contribution in [-0.2, 0) is 0 Å². The molecule has 0 saturated heterocycles. The summed E-state index contributed by atoms with van der Waals surface area (Å²) in [7, 11) is -1.35. The molecule has 3 aliphatic rings. The second kappa shape index (κ2) is 5.26.